The molecule has 0 atom stereocenters. The van der Waals surface area contributed by atoms with Crippen LogP contribution >= 0.6 is 11.6 Å². The van der Waals surface area contributed by atoms with E-state index >= 15 is 0 Å². The van der Waals surface area contributed by atoms with Crippen LogP contribution in [0.25, 0.3) is 0 Å². The van der Waals surface area contributed by atoms with E-state index in [1.807, 2.05) is 6.07 Å². The van der Waals surface area contributed by atoms with Crippen LogP contribution in [0.3, 0.4) is 0 Å². The molecule has 1 heterocycles. The summed E-state index contributed by atoms with van der Waals surface area (Å²) in [6.07, 6.45) is 5.89. The number of aromatic nitrogens is 1. The van der Waals surface area contributed by atoms with Crippen molar-refractivity contribution in [3.63, 3.8) is 0 Å². The highest BCUT2D eigenvalue weighted by Crippen LogP contribution is 2.12. The van der Waals surface area contributed by atoms with Crippen molar-refractivity contribution in [3.05, 3.63) is 29.0 Å². The van der Waals surface area contributed by atoms with Crippen molar-refractivity contribution < 1.29 is 0 Å². The topological polar surface area (TPSA) is 28.2 Å². The molecule has 0 amide bonds. The van der Waals surface area contributed by atoms with Crippen LogP contribution in [0.5, 0.6) is 0 Å². The molecule has 0 bridgehead atoms. The summed E-state index contributed by atoms with van der Waals surface area (Å²) in [7, 11) is 2.18. The normalized spacial score (nSPS) is 11.4. The predicted molar refractivity (Wildman–Crippen MR) is 78.0 cm³/mol. The number of unbranched alkanes of at least 4 members (excludes halogenated alkanes) is 1. The summed E-state index contributed by atoms with van der Waals surface area (Å²) < 4.78 is 0. The van der Waals surface area contributed by atoms with Gasteiger partial charge in [0.05, 0.1) is 5.02 Å². The van der Waals surface area contributed by atoms with Crippen molar-refractivity contribution >= 4 is 11.6 Å². The Labute approximate surface area is 116 Å². The van der Waals surface area contributed by atoms with Crippen molar-refractivity contribution in [2.75, 3.05) is 20.1 Å². The maximum atomic E-state index is 6.03. The third-order valence-corrected chi connectivity index (χ3v) is 3.51. The van der Waals surface area contributed by atoms with E-state index in [4.69, 9.17) is 11.6 Å². The number of hydrogen-bond donors (Lipinski definition) is 1. The Morgan fingerprint density at radius 2 is 2.17 bits per heavy atom. The lowest BCUT2D eigenvalue weighted by atomic mass is 10.2. The zero-order valence-corrected chi connectivity index (χ0v) is 12.4. The second-order valence-electron chi connectivity index (χ2n) is 4.93. The number of halogens is 1. The number of nitrogens with zero attached hydrogens (tertiary/aromatic N) is 2. The van der Waals surface area contributed by atoms with Gasteiger partial charge in [0.25, 0.3) is 0 Å². The summed E-state index contributed by atoms with van der Waals surface area (Å²) >= 11 is 6.03. The van der Waals surface area contributed by atoms with Gasteiger partial charge in [-0.25, -0.2) is 0 Å². The lowest BCUT2D eigenvalue weighted by molar-refractivity contribution is 0.268. The molecule has 0 spiro atoms. The average molecular weight is 270 g/mol. The third kappa shape index (κ3) is 5.80. The SMILES string of the molecule is CC(C)N(C)CCCCNCc1ccncc1Cl. The number of nitrogens with one attached hydrogen (secondary N) is 1. The fourth-order valence-corrected chi connectivity index (χ4v) is 1.83. The van der Waals surface area contributed by atoms with E-state index in [-0.39, 0.29) is 0 Å². The molecule has 0 unspecified atom stereocenters. The monoisotopic (exact) mass is 269 g/mol. The molecule has 1 aromatic rings. The van der Waals surface area contributed by atoms with Crippen LogP contribution in [-0.2, 0) is 6.54 Å². The van der Waals surface area contributed by atoms with E-state index in [1.165, 1.54) is 12.8 Å². The molecule has 1 rings (SSSR count). The van der Waals surface area contributed by atoms with E-state index in [0.29, 0.717) is 6.04 Å². The van der Waals surface area contributed by atoms with Crippen molar-refractivity contribution in [1.82, 2.24) is 15.2 Å². The Morgan fingerprint density at radius 1 is 1.39 bits per heavy atom. The summed E-state index contributed by atoms with van der Waals surface area (Å²) in [5.41, 5.74) is 1.12. The summed E-state index contributed by atoms with van der Waals surface area (Å²) in [4.78, 5) is 6.35. The smallest absolute Gasteiger partial charge is 0.0634 e. The Balaban J connectivity index is 2.07. The molecule has 1 aromatic heterocycles. The minimum absolute atomic E-state index is 0.633. The molecule has 1 N–H and O–H groups in total. The lowest BCUT2D eigenvalue weighted by Gasteiger charge is -2.20. The van der Waals surface area contributed by atoms with Crippen molar-refractivity contribution in [2.24, 2.45) is 0 Å². The van der Waals surface area contributed by atoms with Crippen LogP contribution in [0.15, 0.2) is 18.5 Å². The zero-order valence-electron chi connectivity index (χ0n) is 11.6. The van der Waals surface area contributed by atoms with Gasteiger partial charge >= 0.3 is 0 Å². The van der Waals surface area contributed by atoms with Gasteiger partial charge in [0, 0.05) is 25.0 Å². The van der Waals surface area contributed by atoms with E-state index in [0.717, 1.165) is 30.2 Å². The zero-order chi connectivity index (χ0) is 13.4. The van der Waals surface area contributed by atoms with E-state index < -0.39 is 0 Å². The first-order valence-electron chi connectivity index (χ1n) is 6.60. The molecule has 18 heavy (non-hydrogen) atoms. The maximum Gasteiger partial charge on any atom is 0.0634 e. The second kappa shape index (κ2) is 8.46. The van der Waals surface area contributed by atoms with Crippen LogP contribution in [0.1, 0.15) is 32.3 Å². The van der Waals surface area contributed by atoms with Crippen molar-refractivity contribution in [3.8, 4) is 0 Å². The first kappa shape index (κ1) is 15.4. The van der Waals surface area contributed by atoms with E-state index in [1.54, 1.807) is 12.4 Å². The van der Waals surface area contributed by atoms with Gasteiger partial charge in [0.15, 0.2) is 0 Å². The molecular formula is C14H24ClN3. The van der Waals surface area contributed by atoms with Gasteiger partial charge < -0.3 is 10.2 Å². The third-order valence-electron chi connectivity index (χ3n) is 3.17. The van der Waals surface area contributed by atoms with Gasteiger partial charge in [-0.2, -0.15) is 0 Å². The standard InChI is InChI=1S/C14H24ClN3/c1-12(2)18(3)9-5-4-7-16-10-13-6-8-17-11-14(13)15/h6,8,11-12,16H,4-5,7,9-10H2,1-3H3. The van der Waals surface area contributed by atoms with Crippen LogP contribution in [0.4, 0.5) is 0 Å². The molecule has 0 aromatic carbocycles. The minimum atomic E-state index is 0.633. The predicted octanol–water partition coefficient (Wildman–Crippen LogP) is 2.95. The van der Waals surface area contributed by atoms with Crippen LogP contribution in [-0.4, -0.2) is 36.1 Å². The Morgan fingerprint density at radius 3 is 2.83 bits per heavy atom. The Hall–Kier alpha value is -0.640. The van der Waals surface area contributed by atoms with Gasteiger partial charge in [0.2, 0.25) is 0 Å². The summed E-state index contributed by atoms with van der Waals surface area (Å²) in [5, 5.41) is 4.16. The molecule has 102 valence electrons. The Bertz CT molecular complexity index is 342. The summed E-state index contributed by atoms with van der Waals surface area (Å²) in [6, 6.07) is 2.59. The highest BCUT2D eigenvalue weighted by Gasteiger charge is 2.02. The Kier molecular flexibility index (Phi) is 7.25. The molecule has 0 fully saturated rings. The van der Waals surface area contributed by atoms with Crippen LogP contribution in [0, 0.1) is 0 Å². The summed E-state index contributed by atoms with van der Waals surface area (Å²) in [6.45, 7) is 7.47. The van der Waals surface area contributed by atoms with Gasteiger partial charge in [-0.15, -0.1) is 0 Å². The summed E-state index contributed by atoms with van der Waals surface area (Å²) in [5.74, 6) is 0. The molecular weight excluding hydrogens is 246 g/mol. The minimum Gasteiger partial charge on any atom is -0.313 e. The molecule has 0 aliphatic heterocycles. The maximum absolute atomic E-state index is 6.03. The lowest BCUT2D eigenvalue weighted by Crippen LogP contribution is -2.27. The van der Waals surface area contributed by atoms with Crippen LogP contribution in [0.2, 0.25) is 5.02 Å². The van der Waals surface area contributed by atoms with Crippen molar-refractivity contribution in [1.29, 1.82) is 0 Å². The second-order valence-corrected chi connectivity index (χ2v) is 5.33. The number of rotatable bonds is 8. The van der Waals surface area contributed by atoms with Gasteiger partial charge in [-0.3, -0.25) is 4.98 Å². The van der Waals surface area contributed by atoms with Gasteiger partial charge in [-0.05, 0) is 58.5 Å². The number of hydrogen-bond acceptors (Lipinski definition) is 3. The fraction of sp³-hybridized carbons (Fsp3) is 0.643. The highest BCUT2D eigenvalue weighted by atomic mass is 35.5. The van der Waals surface area contributed by atoms with Gasteiger partial charge in [-0.1, -0.05) is 11.6 Å². The molecule has 0 aliphatic carbocycles. The molecule has 0 aliphatic rings. The van der Waals surface area contributed by atoms with Crippen molar-refractivity contribution in [2.45, 2.75) is 39.3 Å². The molecule has 0 radical (unpaired) electrons. The molecule has 0 saturated carbocycles. The first-order chi connectivity index (χ1) is 8.61. The highest BCUT2D eigenvalue weighted by molar-refractivity contribution is 6.31. The fourth-order valence-electron chi connectivity index (χ4n) is 1.64. The molecule has 3 nitrogen and oxygen atoms in total. The quantitative estimate of drug-likeness (QED) is 0.736. The number of pyridine rings is 1. The van der Waals surface area contributed by atoms with Crippen LogP contribution < -0.4 is 5.32 Å². The molecule has 4 heteroatoms. The van der Waals surface area contributed by atoms with E-state index in [2.05, 4.69) is 36.1 Å². The average Bonchev–Trinajstić information content (AvgIpc) is 2.35. The van der Waals surface area contributed by atoms with E-state index in [9.17, 15) is 0 Å². The molecule has 0 saturated heterocycles. The largest absolute Gasteiger partial charge is 0.313 e. The van der Waals surface area contributed by atoms with Gasteiger partial charge in [0.1, 0.15) is 0 Å². The first-order valence-corrected chi connectivity index (χ1v) is 6.98.